The third kappa shape index (κ3) is 3.42. The number of anilines is 1. The molecule has 0 saturated carbocycles. The van der Waals surface area contributed by atoms with Gasteiger partial charge in [-0.15, -0.1) is 0 Å². The summed E-state index contributed by atoms with van der Waals surface area (Å²) in [5.41, 5.74) is 1.87. The Hall–Kier alpha value is -2.76. The number of carbonyl (C=O) groups excluding carboxylic acids is 1. The number of rotatable bonds is 3. The van der Waals surface area contributed by atoms with Crippen LogP contribution in [-0.2, 0) is 4.79 Å². The Morgan fingerprint density at radius 3 is 2.58 bits per heavy atom. The van der Waals surface area contributed by atoms with E-state index in [9.17, 15) is 9.18 Å². The molecule has 0 fully saturated rings. The van der Waals surface area contributed by atoms with Crippen LogP contribution >= 0.6 is 0 Å². The van der Waals surface area contributed by atoms with Gasteiger partial charge in [0.25, 0.3) is 0 Å². The van der Waals surface area contributed by atoms with Gasteiger partial charge in [0, 0.05) is 30.6 Å². The predicted molar refractivity (Wildman–Crippen MR) is 91.1 cm³/mol. The van der Waals surface area contributed by atoms with Crippen LogP contribution in [0.4, 0.5) is 10.2 Å². The Labute approximate surface area is 139 Å². The molecule has 0 radical (unpaired) electrons. The lowest BCUT2D eigenvalue weighted by Crippen LogP contribution is -2.20. The molecule has 5 nitrogen and oxygen atoms in total. The molecule has 0 atom stereocenters. The molecule has 0 aliphatic rings. The lowest BCUT2D eigenvalue weighted by Gasteiger charge is -2.17. The largest absolute Gasteiger partial charge is 0.309 e. The number of aromatic nitrogens is 3. The van der Waals surface area contributed by atoms with Crippen molar-refractivity contribution in [3.8, 4) is 11.3 Å². The summed E-state index contributed by atoms with van der Waals surface area (Å²) in [5, 5.41) is 2.86. The molecule has 124 valence electrons. The summed E-state index contributed by atoms with van der Waals surface area (Å²) in [7, 11) is 0. The van der Waals surface area contributed by atoms with Crippen molar-refractivity contribution in [3.05, 3.63) is 48.7 Å². The van der Waals surface area contributed by atoms with Gasteiger partial charge in [0.1, 0.15) is 11.5 Å². The molecule has 3 heterocycles. The normalized spacial score (nSPS) is 11.7. The number of carbonyl (C=O) groups is 1. The molecule has 0 aliphatic heterocycles. The van der Waals surface area contributed by atoms with Crippen LogP contribution in [0, 0.1) is 11.2 Å². The molecule has 3 aromatic heterocycles. The summed E-state index contributed by atoms with van der Waals surface area (Å²) >= 11 is 0. The first-order valence-electron chi connectivity index (χ1n) is 7.71. The van der Waals surface area contributed by atoms with Crippen LogP contribution < -0.4 is 5.32 Å². The fraction of sp³-hybridized carbons (Fsp3) is 0.278. The third-order valence-electron chi connectivity index (χ3n) is 3.48. The molecule has 3 rings (SSSR count). The molecule has 24 heavy (non-hydrogen) atoms. The third-order valence-corrected chi connectivity index (χ3v) is 3.48. The van der Waals surface area contributed by atoms with Crippen molar-refractivity contribution in [3.63, 3.8) is 0 Å². The van der Waals surface area contributed by atoms with E-state index in [2.05, 4.69) is 15.3 Å². The molecule has 6 heteroatoms. The maximum atomic E-state index is 13.7. The van der Waals surface area contributed by atoms with Crippen LogP contribution in [-0.4, -0.2) is 20.3 Å². The smallest absolute Gasteiger partial charge is 0.226 e. The fourth-order valence-electron chi connectivity index (χ4n) is 2.55. The van der Waals surface area contributed by atoms with Crippen molar-refractivity contribution in [2.45, 2.75) is 27.2 Å². The molecular weight excluding hydrogens is 307 g/mol. The summed E-state index contributed by atoms with van der Waals surface area (Å²) in [5.74, 6) is -0.0782. The molecule has 0 unspecified atom stereocenters. The second-order valence-corrected chi connectivity index (χ2v) is 6.91. The van der Waals surface area contributed by atoms with E-state index in [-0.39, 0.29) is 17.1 Å². The fourth-order valence-corrected chi connectivity index (χ4v) is 2.55. The number of imidazole rings is 1. The maximum Gasteiger partial charge on any atom is 0.226 e. The second kappa shape index (κ2) is 6.03. The van der Waals surface area contributed by atoms with Gasteiger partial charge in [-0.1, -0.05) is 20.8 Å². The molecule has 1 N–H and O–H groups in total. The molecule has 0 saturated heterocycles. The number of hydrogen-bond donors (Lipinski definition) is 1. The zero-order valence-corrected chi connectivity index (χ0v) is 13.9. The van der Waals surface area contributed by atoms with E-state index in [0.717, 1.165) is 5.56 Å². The van der Waals surface area contributed by atoms with Crippen molar-refractivity contribution in [2.75, 3.05) is 5.32 Å². The second-order valence-electron chi connectivity index (χ2n) is 6.91. The average molecular weight is 326 g/mol. The van der Waals surface area contributed by atoms with Crippen LogP contribution in [0.15, 0.2) is 42.9 Å². The van der Waals surface area contributed by atoms with Gasteiger partial charge in [-0.2, -0.15) is 0 Å². The van der Waals surface area contributed by atoms with Gasteiger partial charge in [-0.05, 0) is 29.7 Å². The van der Waals surface area contributed by atoms with Gasteiger partial charge in [-0.3, -0.25) is 14.2 Å². The SMILES string of the molecule is CC(C)(C)CC(=O)Nc1nc2ccc(F)cn2c1-c1ccncc1. The Balaban J connectivity index is 2.08. The summed E-state index contributed by atoms with van der Waals surface area (Å²) in [6, 6.07) is 6.53. The van der Waals surface area contributed by atoms with E-state index >= 15 is 0 Å². The van der Waals surface area contributed by atoms with Crippen molar-refractivity contribution < 1.29 is 9.18 Å². The monoisotopic (exact) mass is 326 g/mol. The zero-order chi connectivity index (χ0) is 17.3. The first-order valence-corrected chi connectivity index (χ1v) is 7.71. The average Bonchev–Trinajstić information content (AvgIpc) is 2.83. The highest BCUT2D eigenvalue weighted by molar-refractivity contribution is 5.94. The van der Waals surface area contributed by atoms with Gasteiger partial charge in [0.15, 0.2) is 5.82 Å². The summed E-state index contributed by atoms with van der Waals surface area (Å²) in [6.07, 6.45) is 5.02. The number of halogens is 1. The minimum absolute atomic E-state index is 0.123. The van der Waals surface area contributed by atoms with Crippen molar-refractivity contribution in [2.24, 2.45) is 5.41 Å². The van der Waals surface area contributed by atoms with Crippen LogP contribution in [0.1, 0.15) is 27.2 Å². The molecule has 3 aromatic rings. The van der Waals surface area contributed by atoms with Crippen molar-refractivity contribution in [1.82, 2.24) is 14.4 Å². The van der Waals surface area contributed by atoms with Gasteiger partial charge in [-0.25, -0.2) is 9.37 Å². The minimum atomic E-state index is -0.372. The maximum absolute atomic E-state index is 13.7. The van der Waals surface area contributed by atoms with Gasteiger partial charge in [0.05, 0.1) is 5.69 Å². The van der Waals surface area contributed by atoms with E-state index in [4.69, 9.17) is 0 Å². The first kappa shape index (κ1) is 16.1. The van der Waals surface area contributed by atoms with E-state index in [1.54, 1.807) is 35.0 Å². The summed E-state index contributed by atoms with van der Waals surface area (Å²) in [6.45, 7) is 5.99. The van der Waals surface area contributed by atoms with Crippen molar-refractivity contribution >= 4 is 17.4 Å². The topological polar surface area (TPSA) is 59.3 Å². The van der Waals surface area contributed by atoms with Crippen LogP contribution in [0.25, 0.3) is 16.9 Å². The summed E-state index contributed by atoms with van der Waals surface area (Å²) in [4.78, 5) is 20.8. The number of amides is 1. The molecule has 0 aromatic carbocycles. The quantitative estimate of drug-likeness (QED) is 0.794. The highest BCUT2D eigenvalue weighted by Gasteiger charge is 2.20. The first-order chi connectivity index (χ1) is 11.3. The molecule has 0 bridgehead atoms. The van der Waals surface area contributed by atoms with E-state index in [1.807, 2.05) is 20.8 Å². The Bertz CT molecular complexity index is 881. The number of pyridine rings is 2. The molecule has 0 aliphatic carbocycles. The highest BCUT2D eigenvalue weighted by atomic mass is 19.1. The minimum Gasteiger partial charge on any atom is -0.309 e. The standard InChI is InChI=1S/C18H19FN4O/c1-18(2,3)10-15(24)22-17-16(12-6-8-20-9-7-12)23-11-13(19)4-5-14(23)21-17/h4-9,11H,10H2,1-3H3,(H,22,24). The zero-order valence-electron chi connectivity index (χ0n) is 13.9. The van der Waals surface area contributed by atoms with E-state index in [0.29, 0.717) is 23.6 Å². The Morgan fingerprint density at radius 2 is 1.92 bits per heavy atom. The molecule has 1 amide bonds. The predicted octanol–water partition coefficient (Wildman–Crippen LogP) is 3.91. The van der Waals surface area contributed by atoms with Gasteiger partial charge in [0.2, 0.25) is 5.91 Å². The Kier molecular flexibility index (Phi) is 4.05. The lowest BCUT2D eigenvalue weighted by atomic mass is 9.92. The van der Waals surface area contributed by atoms with Gasteiger partial charge < -0.3 is 5.32 Å². The lowest BCUT2D eigenvalue weighted by molar-refractivity contribution is -0.117. The number of nitrogens with one attached hydrogen (secondary N) is 1. The van der Waals surface area contributed by atoms with Crippen molar-refractivity contribution in [1.29, 1.82) is 0 Å². The summed E-state index contributed by atoms with van der Waals surface area (Å²) < 4.78 is 15.3. The van der Waals surface area contributed by atoms with E-state index in [1.165, 1.54) is 12.3 Å². The number of hydrogen-bond acceptors (Lipinski definition) is 3. The van der Waals surface area contributed by atoms with E-state index < -0.39 is 0 Å². The van der Waals surface area contributed by atoms with Crippen LogP contribution in [0.5, 0.6) is 0 Å². The molecular formula is C18H19FN4O. The van der Waals surface area contributed by atoms with Gasteiger partial charge >= 0.3 is 0 Å². The molecule has 0 spiro atoms. The van der Waals surface area contributed by atoms with Crippen LogP contribution in [0.3, 0.4) is 0 Å². The van der Waals surface area contributed by atoms with Crippen LogP contribution in [0.2, 0.25) is 0 Å². The number of nitrogens with zero attached hydrogens (tertiary/aromatic N) is 3. The highest BCUT2D eigenvalue weighted by Crippen LogP contribution is 2.30. The number of fused-ring (bicyclic) bond motifs is 1. The Morgan fingerprint density at radius 1 is 1.21 bits per heavy atom.